The predicted molar refractivity (Wildman–Crippen MR) is 101 cm³/mol. The maximum absolute atomic E-state index is 6.18. The lowest BCUT2D eigenvalue weighted by atomic mass is 9.78. The van der Waals surface area contributed by atoms with Gasteiger partial charge in [0.15, 0.2) is 0 Å². The third-order valence-electron chi connectivity index (χ3n) is 5.00. The van der Waals surface area contributed by atoms with E-state index in [1.54, 1.807) is 7.11 Å². The number of rotatable bonds is 2. The second kappa shape index (κ2) is 5.96. The summed E-state index contributed by atoms with van der Waals surface area (Å²) < 4.78 is 11.7. The Hall–Kier alpha value is -2.74. The third kappa shape index (κ3) is 2.58. The first-order valence-corrected chi connectivity index (χ1v) is 8.61. The molecule has 25 heavy (non-hydrogen) atoms. The molecule has 3 aromatic rings. The quantitative estimate of drug-likeness (QED) is 0.455. The summed E-state index contributed by atoms with van der Waals surface area (Å²) in [7, 11) is 1.71. The highest BCUT2D eigenvalue weighted by Gasteiger charge is 2.30. The van der Waals surface area contributed by atoms with Gasteiger partial charge in [0.1, 0.15) is 17.2 Å². The van der Waals surface area contributed by atoms with Crippen molar-refractivity contribution < 1.29 is 9.47 Å². The first kappa shape index (κ1) is 15.8. The number of fused-ring (bicyclic) bond motifs is 2. The Bertz CT molecular complexity index is 933. The fourth-order valence-electron chi connectivity index (χ4n) is 4.03. The first-order valence-electron chi connectivity index (χ1n) is 8.61. The Morgan fingerprint density at radius 1 is 0.800 bits per heavy atom. The zero-order valence-electron chi connectivity index (χ0n) is 15.1. The van der Waals surface area contributed by atoms with Crippen molar-refractivity contribution in [1.82, 2.24) is 0 Å². The van der Waals surface area contributed by atoms with Gasteiger partial charge in [-0.15, -0.1) is 0 Å². The van der Waals surface area contributed by atoms with Crippen LogP contribution in [-0.2, 0) is 0 Å². The summed E-state index contributed by atoms with van der Waals surface area (Å²) in [6, 6.07) is 18.9. The van der Waals surface area contributed by atoms with Crippen LogP contribution in [0.5, 0.6) is 17.2 Å². The smallest absolute Gasteiger partial charge is 0.131 e. The molecule has 0 bridgehead atoms. The lowest BCUT2D eigenvalue weighted by Gasteiger charge is -2.31. The van der Waals surface area contributed by atoms with Crippen molar-refractivity contribution in [2.24, 2.45) is 0 Å². The molecule has 0 saturated heterocycles. The summed E-state index contributed by atoms with van der Waals surface area (Å²) in [5, 5.41) is 0. The molecule has 0 fully saturated rings. The molecule has 0 saturated carbocycles. The second-order valence-corrected chi connectivity index (χ2v) is 6.79. The molecular weight excluding hydrogens is 308 g/mol. The molecule has 4 rings (SSSR count). The highest BCUT2D eigenvalue weighted by atomic mass is 16.5. The van der Waals surface area contributed by atoms with E-state index in [0.29, 0.717) is 0 Å². The van der Waals surface area contributed by atoms with Gasteiger partial charge in [-0.3, -0.25) is 0 Å². The van der Waals surface area contributed by atoms with Crippen molar-refractivity contribution in [3.63, 3.8) is 0 Å². The fraction of sp³-hybridized carbons (Fsp3) is 0.217. The Labute approximate surface area is 149 Å². The predicted octanol–water partition coefficient (Wildman–Crippen LogP) is 5.91. The van der Waals surface area contributed by atoms with Crippen LogP contribution in [0.15, 0.2) is 54.6 Å². The molecule has 1 heterocycles. The summed E-state index contributed by atoms with van der Waals surface area (Å²) in [6.07, 6.45) is 0. The summed E-state index contributed by atoms with van der Waals surface area (Å²) in [5.74, 6) is 2.85. The monoisotopic (exact) mass is 330 g/mol. The highest BCUT2D eigenvalue weighted by molar-refractivity contribution is 5.62. The van der Waals surface area contributed by atoms with Gasteiger partial charge in [0.25, 0.3) is 0 Å². The average Bonchev–Trinajstić information content (AvgIpc) is 2.60. The normalized spacial score (nSPS) is 15.1. The molecule has 1 aliphatic rings. The molecule has 0 amide bonds. The molecule has 0 radical (unpaired) electrons. The summed E-state index contributed by atoms with van der Waals surface area (Å²) in [5.41, 5.74) is 7.65. The Balaban J connectivity index is 2.02. The SMILES string of the molecule is COc1ccc2c(c1)C(c1c(C)cc(C)cc1C)c1ccccc1O2. The minimum Gasteiger partial charge on any atom is -0.497 e. The molecule has 2 nitrogen and oxygen atoms in total. The highest BCUT2D eigenvalue weighted by Crippen LogP contribution is 2.49. The third-order valence-corrected chi connectivity index (χ3v) is 5.00. The maximum atomic E-state index is 6.18. The van der Waals surface area contributed by atoms with Crippen LogP contribution in [-0.4, -0.2) is 7.11 Å². The van der Waals surface area contributed by atoms with Gasteiger partial charge in [-0.1, -0.05) is 35.9 Å². The molecule has 126 valence electrons. The largest absolute Gasteiger partial charge is 0.497 e. The van der Waals surface area contributed by atoms with Crippen LogP contribution in [0.1, 0.15) is 39.3 Å². The van der Waals surface area contributed by atoms with Gasteiger partial charge in [0.05, 0.1) is 7.11 Å². The van der Waals surface area contributed by atoms with Crippen molar-refractivity contribution >= 4 is 0 Å². The number of hydrogen-bond acceptors (Lipinski definition) is 2. The van der Waals surface area contributed by atoms with Gasteiger partial charge in [-0.25, -0.2) is 0 Å². The lowest BCUT2D eigenvalue weighted by molar-refractivity contribution is 0.409. The molecule has 0 spiro atoms. The van der Waals surface area contributed by atoms with Gasteiger partial charge in [0.2, 0.25) is 0 Å². The Kier molecular flexibility index (Phi) is 3.76. The maximum Gasteiger partial charge on any atom is 0.131 e. The lowest BCUT2D eigenvalue weighted by Crippen LogP contribution is -2.14. The van der Waals surface area contributed by atoms with E-state index < -0.39 is 0 Å². The van der Waals surface area contributed by atoms with E-state index in [9.17, 15) is 0 Å². The average molecular weight is 330 g/mol. The number of benzene rings is 3. The van der Waals surface area contributed by atoms with E-state index in [0.717, 1.165) is 22.8 Å². The van der Waals surface area contributed by atoms with Gasteiger partial charge in [0, 0.05) is 17.0 Å². The fourth-order valence-corrected chi connectivity index (χ4v) is 4.03. The second-order valence-electron chi connectivity index (χ2n) is 6.79. The molecule has 0 aromatic heterocycles. The molecular formula is C23H22O2. The topological polar surface area (TPSA) is 18.5 Å². The molecule has 0 N–H and O–H groups in total. The first-order chi connectivity index (χ1) is 12.1. The van der Waals surface area contributed by atoms with Crippen LogP contribution in [0.4, 0.5) is 0 Å². The van der Waals surface area contributed by atoms with Gasteiger partial charge in [-0.05, 0) is 61.7 Å². The minimum atomic E-state index is 0.149. The van der Waals surface area contributed by atoms with Gasteiger partial charge in [-0.2, -0.15) is 0 Å². The minimum absolute atomic E-state index is 0.149. The van der Waals surface area contributed by atoms with Gasteiger partial charge >= 0.3 is 0 Å². The van der Waals surface area contributed by atoms with Crippen molar-refractivity contribution in [1.29, 1.82) is 0 Å². The van der Waals surface area contributed by atoms with Crippen molar-refractivity contribution in [3.8, 4) is 17.2 Å². The van der Waals surface area contributed by atoms with Crippen LogP contribution in [0.2, 0.25) is 0 Å². The van der Waals surface area contributed by atoms with E-state index in [4.69, 9.17) is 9.47 Å². The Morgan fingerprint density at radius 2 is 1.48 bits per heavy atom. The van der Waals surface area contributed by atoms with E-state index in [2.05, 4.69) is 51.1 Å². The molecule has 2 heteroatoms. The molecule has 1 atom stereocenters. The van der Waals surface area contributed by atoms with E-state index in [-0.39, 0.29) is 5.92 Å². The van der Waals surface area contributed by atoms with E-state index in [1.165, 1.54) is 27.8 Å². The number of hydrogen-bond donors (Lipinski definition) is 0. The van der Waals surface area contributed by atoms with E-state index in [1.807, 2.05) is 24.3 Å². The van der Waals surface area contributed by atoms with Crippen molar-refractivity contribution in [3.05, 3.63) is 88.0 Å². The van der Waals surface area contributed by atoms with Crippen LogP contribution in [0.25, 0.3) is 0 Å². The van der Waals surface area contributed by atoms with Crippen LogP contribution in [0, 0.1) is 20.8 Å². The van der Waals surface area contributed by atoms with Crippen LogP contribution in [0.3, 0.4) is 0 Å². The van der Waals surface area contributed by atoms with Gasteiger partial charge < -0.3 is 9.47 Å². The number of ether oxygens (including phenoxy) is 2. The number of aryl methyl sites for hydroxylation is 3. The zero-order valence-corrected chi connectivity index (χ0v) is 15.1. The molecule has 1 aliphatic heterocycles. The zero-order chi connectivity index (χ0) is 17.6. The van der Waals surface area contributed by atoms with Crippen LogP contribution >= 0.6 is 0 Å². The number of para-hydroxylation sites is 1. The van der Waals surface area contributed by atoms with Crippen molar-refractivity contribution in [2.45, 2.75) is 26.7 Å². The standard InChI is InChI=1S/C23H22O2/c1-14-11-15(2)22(16(3)12-14)23-18-7-5-6-8-20(18)25-21-10-9-17(24-4)13-19(21)23/h5-13,23H,1-4H3. The summed E-state index contributed by atoms with van der Waals surface area (Å²) in [6.45, 7) is 6.55. The van der Waals surface area contributed by atoms with E-state index >= 15 is 0 Å². The summed E-state index contributed by atoms with van der Waals surface area (Å²) >= 11 is 0. The summed E-state index contributed by atoms with van der Waals surface area (Å²) in [4.78, 5) is 0. The Morgan fingerprint density at radius 3 is 2.20 bits per heavy atom. The van der Waals surface area contributed by atoms with Crippen LogP contribution < -0.4 is 9.47 Å². The molecule has 0 aliphatic carbocycles. The number of methoxy groups -OCH3 is 1. The molecule has 3 aromatic carbocycles. The van der Waals surface area contributed by atoms with Crippen molar-refractivity contribution in [2.75, 3.05) is 7.11 Å². The molecule has 1 unspecified atom stereocenters.